The number of carbonyl (C=O) groups is 2. The summed E-state index contributed by atoms with van der Waals surface area (Å²) < 4.78 is 27.9. The SMILES string of the molecule is COCCN(C(=O)CSCC(=O)O)C1CCS(=O)(=O)C1. The third kappa shape index (κ3) is 5.68. The van der Waals surface area contributed by atoms with Crippen LogP contribution in [-0.2, 0) is 24.2 Å². The summed E-state index contributed by atoms with van der Waals surface area (Å²) in [6.07, 6.45) is 0.432. The summed E-state index contributed by atoms with van der Waals surface area (Å²) in [4.78, 5) is 24.0. The smallest absolute Gasteiger partial charge is 0.313 e. The topological polar surface area (TPSA) is 101 Å². The zero-order valence-electron chi connectivity index (χ0n) is 11.3. The fraction of sp³-hybridized carbons (Fsp3) is 0.818. The van der Waals surface area contributed by atoms with Gasteiger partial charge in [-0.05, 0) is 6.42 Å². The van der Waals surface area contributed by atoms with E-state index in [1.54, 1.807) is 0 Å². The molecule has 1 aliphatic rings. The van der Waals surface area contributed by atoms with Crippen molar-refractivity contribution in [2.75, 3.05) is 43.3 Å². The Labute approximate surface area is 122 Å². The summed E-state index contributed by atoms with van der Waals surface area (Å²) in [6, 6.07) is -0.326. The molecule has 1 heterocycles. The Kier molecular flexibility index (Phi) is 6.77. The number of carboxylic acids is 1. The van der Waals surface area contributed by atoms with E-state index in [1.807, 2.05) is 0 Å². The van der Waals surface area contributed by atoms with Gasteiger partial charge in [0.1, 0.15) is 0 Å². The fourth-order valence-electron chi connectivity index (χ4n) is 2.03. The number of hydrogen-bond acceptors (Lipinski definition) is 6. The molecule has 1 amide bonds. The normalized spacial score (nSPS) is 20.8. The van der Waals surface area contributed by atoms with E-state index < -0.39 is 15.8 Å². The van der Waals surface area contributed by atoms with Crippen molar-refractivity contribution in [3.8, 4) is 0 Å². The van der Waals surface area contributed by atoms with E-state index in [0.29, 0.717) is 19.6 Å². The van der Waals surface area contributed by atoms with Gasteiger partial charge in [0, 0.05) is 19.7 Å². The quantitative estimate of drug-likeness (QED) is 0.640. The van der Waals surface area contributed by atoms with E-state index in [-0.39, 0.29) is 35.0 Å². The lowest BCUT2D eigenvalue weighted by Crippen LogP contribution is -2.44. The van der Waals surface area contributed by atoms with Crippen LogP contribution in [0, 0.1) is 0 Å². The molecule has 0 aromatic rings. The minimum absolute atomic E-state index is 0.0218. The van der Waals surface area contributed by atoms with Crippen molar-refractivity contribution in [2.24, 2.45) is 0 Å². The van der Waals surface area contributed by atoms with Crippen LogP contribution in [0.1, 0.15) is 6.42 Å². The predicted octanol–water partition coefficient (Wildman–Crippen LogP) is -0.534. The summed E-state index contributed by atoms with van der Waals surface area (Å²) in [6.45, 7) is 0.648. The van der Waals surface area contributed by atoms with Crippen LogP contribution in [0.3, 0.4) is 0 Å². The number of ether oxygens (including phenoxy) is 1. The van der Waals surface area contributed by atoms with Crippen LogP contribution in [-0.4, -0.2) is 79.6 Å². The Morgan fingerprint density at radius 3 is 2.60 bits per heavy atom. The molecule has 1 unspecified atom stereocenters. The second kappa shape index (κ2) is 7.84. The van der Waals surface area contributed by atoms with Crippen LogP contribution in [0.15, 0.2) is 0 Å². The van der Waals surface area contributed by atoms with Crippen molar-refractivity contribution in [2.45, 2.75) is 12.5 Å². The Hall–Kier alpha value is -0.800. The number of carbonyl (C=O) groups excluding carboxylic acids is 1. The second-order valence-electron chi connectivity index (χ2n) is 4.52. The zero-order valence-corrected chi connectivity index (χ0v) is 12.9. The second-order valence-corrected chi connectivity index (χ2v) is 7.74. The van der Waals surface area contributed by atoms with Gasteiger partial charge in [0.2, 0.25) is 5.91 Å². The minimum Gasteiger partial charge on any atom is -0.481 e. The van der Waals surface area contributed by atoms with Crippen molar-refractivity contribution >= 4 is 33.5 Å². The Morgan fingerprint density at radius 2 is 2.10 bits per heavy atom. The molecule has 9 heteroatoms. The highest BCUT2D eigenvalue weighted by Gasteiger charge is 2.34. The zero-order chi connectivity index (χ0) is 15.2. The Balaban J connectivity index is 2.59. The molecule has 1 rings (SSSR count). The van der Waals surface area contributed by atoms with E-state index in [2.05, 4.69) is 0 Å². The van der Waals surface area contributed by atoms with E-state index in [4.69, 9.17) is 9.84 Å². The summed E-state index contributed by atoms with van der Waals surface area (Å²) in [5.41, 5.74) is 0. The molecule has 1 aliphatic heterocycles. The highest BCUT2D eigenvalue weighted by atomic mass is 32.2. The highest BCUT2D eigenvalue weighted by molar-refractivity contribution is 8.00. The van der Waals surface area contributed by atoms with Crippen LogP contribution < -0.4 is 0 Å². The molecular weight excluding hydrogens is 306 g/mol. The molecule has 20 heavy (non-hydrogen) atoms. The number of amides is 1. The lowest BCUT2D eigenvalue weighted by atomic mass is 10.2. The summed E-state index contributed by atoms with van der Waals surface area (Å²) in [5, 5.41) is 8.54. The first-order valence-corrected chi connectivity index (χ1v) is 9.11. The van der Waals surface area contributed by atoms with Crippen molar-refractivity contribution in [1.82, 2.24) is 4.90 Å². The van der Waals surface area contributed by atoms with Crippen molar-refractivity contribution < 1.29 is 27.9 Å². The predicted molar refractivity (Wildman–Crippen MR) is 75.6 cm³/mol. The first-order valence-electron chi connectivity index (χ1n) is 6.14. The molecule has 0 spiro atoms. The third-order valence-corrected chi connectivity index (χ3v) is 5.61. The van der Waals surface area contributed by atoms with Gasteiger partial charge in [-0.2, -0.15) is 0 Å². The van der Waals surface area contributed by atoms with Crippen LogP contribution in [0.25, 0.3) is 0 Å². The van der Waals surface area contributed by atoms with E-state index >= 15 is 0 Å². The summed E-state index contributed by atoms with van der Waals surface area (Å²) >= 11 is 1.01. The fourth-order valence-corrected chi connectivity index (χ4v) is 4.38. The molecule has 116 valence electrons. The molecule has 1 atom stereocenters. The monoisotopic (exact) mass is 325 g/mol. The maximum Gasteiger partial charge on any atom is 0.313 e. The largest absolute Gasteiger partial charge is 0.481 e. The molecular formula is C11H19NO6S2. The average molecular weight is 325 g/mol. The molecule has 0 aromatic carbocycles. The molecule has 1 saturated heterocycles. The number of sulfone groups is 1. The first-order chi connectivity index (χ1) is 9.35. The van der Waals surface area contributed by atoms with Crippen LogP contribution in [0.4, 0.5) is 0 Å². The van der Waals surface area contributed by atoms with Gasteiger partial charge in [0.05, 0.1) is 29.6 Å². The molecule has 0 aromatic heterocycles. The molecule has 0 saturated carbocycles. The van der Waals surface area contributed by atoms with Gasteiger partial charge in [0.15, 0.2) is 9.84 Å². The average Bonchev–Trinajstić information content (AvgIpc) is 2.69. The number of nitrogens with zero attached hydrogens (tertiary/aromatic N) is 1. The van der Waals surface area contributed by atoms with Gasteiger partial charge in [-0.25, -0.2) is 8.42 Å². The number of thioether (sulfide) groups is 1. The minimum atomic E-state index is -3.07. The maximum atomic E-state index is 12.1. The third-order valence-electron chi connectivity index (χ3n) is 2.96. The van der Waals surface area contributed by atoms with Gasteiger partial charge in [-0.1, -0.05) is 0 Å². The van der Waals surface area contributed by atoms with Gasteiger partial charge in [-0.15, -0.1) is 11.8 Å². The summed E-state index contributed by atoms with van der Waals surface area (Å²) in [5.74, 6) is -1.26. The standard InChI is InChI=1S/C11H19NO6S2/c1-18-4-3-12(9-2-5-20(16,17)8-9)10(13)6-19-7-11(14)15/h9H,2-8H2,1H3,(H,14,15). The molecule has 1 fully saturated rings. The number of hydrogen-bond donors (Lipinski definition) is 1. The van der Waals surface area contributed by atoms with E-state index in [1.165, 1.54) is 12.0 Å². The van der Waals surface area contributed by atoms with Gasteiger partial charge in [-0.3, -0.25) is 9.59 Å². The molecule has 0 bridgehead atoms. The molecule has 1 N–H and O–H groups in total. The lowest BCUT2D eigenvalue weighted by Gasteiger charge is -2.27. The highest BCUT2D eigenvalue weighted by Crippen LogP contribution is 2.18. The van der Waals surface area contributed by atoms with E-state index in [0.717, 1.165) is 11.8 Å². The lowest BCUT2D eigenvalue weighted by molar-refractivity contribution is -0.133. The molecule has 7 nitrogen and oxygen atoms in total. The van der Waals surface area contributed by atoms with Crippen LogP contribution in [0.2, 0.25) is 0 Å². The van der Waals surface area contributed by atoms with Gasteiger partial charge in [0.25, 0.3) is 0 Å². The number of aliphatic carboxylic acids is 1. The Bertz CT molecular complexity index is 450. The van der Waals surface area contributed by atoms with Crippen molar-refractivity contribution in [3.05, 3.63) is 0 Å². The van der Waals surface area contributed by atoms with Crippen LogP contribution in [0.5, 0.6) is 0 Å². The van der Waals surface area contributed by atoms with Gasteiger partial charge >= 0.3 is 5.97 Å². The molecule has 0 radical (unpaired) electrons. The molecule has 0 aliphatic carbocycles. The number of carboxylic acid groups (broad SMARTS) is 1. The van der Waals surface area contributed by atoms with Crippen molar-refractivity contribution in [3.63, 3.8) is 0 Å². The van der Waals surface area contributed by atoms with Gasteiger partial charge < -0.3 is 14.7 Å². The number of methoxy groups -OCH3 is 1. The number of rotatable bonds is 8. The first kappa shape index (κ1) is 17.3. The Morgan fingerprint density at radius 1 is 1.40 bits per heavy atom. The van der Waals surface area contributed by atoms with Crippen LogP contribution >= 0.6 is 11.8 Å². The van der Waals surface area contributed by atoms with Crippen molar-refractivity contribution in [1.29, 1.82) is 0 Å². The summed E-state index contributed by atoms with van der Waals surface area (Å²) in [7, 11) is -1.56. The maximum absolute atomic E-state index is 12.1. The van der Waals surface area contributed by atoms with E-state index in [9.17, 15) is 18.0 Å².